The van der Waals surface area contributed by atoms with E-state index in [9.17, 15) is 0 Å². The van der Waals surface area contributed by atoms with Crippen molar-refractivity contribution in [3.8, 4) is 5.75 Å². The average molecular weight is 409 g/mol. The molecule has 0 aromatic heterocycles. The smallest absolute Gasteiger partial charge is 0.191 e. The number of hydrogen-bond donors (Lipinski definition) is 2. The first kappa shape index (κ1) is 18.5. The van der Waals surface area contributed by atoms with Crippen molar-refractivity contribution >= 4 is 21.9 Å². The van der Waals surface area contributed by atoms with Crippen molar-refractivity contribution in [1.29, 1.82) is 0 Å². The molecule has 1 heterocycles. The van der Waals surface area contributed by atoms with Crippen LogP contribution in [0.25, 0.3) is 0 Å². The minimum absolute atomic E-state index is 0.511. The minimum atomic E-state index is 0.511. The van der Waals surface area contributed by atoms with E-state index in [2.05, 4.69) is 44.5 Å². The Kier molecular flexibility index (Phi) is 6.59. The Balaban J connectivity index is 1.58. The van der Waals surface area contributed by atoms with Crippen molar-refractivity contribution in [3.05, 3.63) is 28.2 Å². The van der Waals surface area contributed by atoms with Gasteiger partial charge in [0.05, 0.1) is 13.7 Å². The van der Waals surface area contributed by atoms with E-state index in [0.29, 0.717) is 12.6 Å². The molecule has 0 unspecified atom stereocenters. The lowest BCUT2D eigenvalue weighted by Crippen LogP contribution is -2.49. The van der Waals surface area contributed by atoms with Gasteiger partial charge in [0.15, 0.2) is 5.96 Å². The van der Waals surface area contributed by atoms with E-state index in [1.165, 1.54) is 38.8 Å². The van der Waals surface area contributed by atoms with Crippen molar-refractivity contribution in [1.82, 2.24) is 15.5 Å². The molecular weight excluding hydrogens is 380 g/mol. The molecule has 1 saturated carbocycles. The predicted octanol–water partition coefficient (Wildman–Crippen LogP) is 3.14. The zero-order valence-corrected chi connectivity index (χ0v) is 16.8. The summed E-state index contributed by atoms with van der Waals surface area (Å²) < 4.78 is 6.49. The summed E-state index contributed by atoms with van der Waals surface area (Å²) in [5.41, 5.74) is 1.08. The molecule has 0 bridgehead atoms. The lowest BCUT2D eigenvalue weighted by atomic mass is 10.1. The van der Waals surface area contributed by atoms with Gasteiger partial charge in [0.25, 0.3) is 0 Å². The fourth-order valence-electron chi connectivity index (χ4n) is 3.40. The second-order valence-electron chi connectivity index (χ2n) is 6.84. The van der Waals surface area contributed by atoms with Crippen molar-refractivity contribution in [2.45, 2.75) is 51.2 Å². The Hall–Kier alpha value is -1.27. The van der Waals surface area contributed by atoms with Crippen LogP contribution >= 0.6 is 15.9 Å². The van der Waals surface area contributed by atoms with Crippen molar-refractivity contribution < 1.29 is 4.74 Å². The Bertz CT molecular complexity index is 595. The summed E-state index contributed by atoms with van der Waals surface area (Å²) in [5.74, 6) is 1.77. The monoisotopic (exact) mass is 408 g/mol. The Labute approximate surface area is 159 Å². The van der Waals surface area contributed by atoms with Crippen molar-refractivity contribution in [2.24, 2.45) is 4.99 Å². The summed E-state index contributed by atoms with van der Waals surface area (Å²) >= 11 is 3.53. The summed E-state index contributed by atoms with van der Waals surface area (Å²) in [7, 11) is 1.70. The number of likely N-dealkylation sites (tertiary alicyclic amines) is 1. The molecule has 2 aliphatic rings. The highest BCUT2D eigenvalue weighted by atomic mass is 79.9. The quantitative estimate of drug-likeness (QED) is 0.560. The maximum absolute atomic E-state index is 5.45. The zero-order chi connectivity index (χ0) is 17.6. The van der Waals surface area contributed by atoms with Crippen molar-refractivity contribution in [3.63, 3.8) is 0 Å². The Morgan fingerprint density at radius 1 is 1.28 bits per heavy atom. The van der Waals surface area contributed by atoms with Gasteiger partial charge in [-0.2, -0.15) is 0 Å². The molecule has 138 valence electrons. The maximum atomic E-state index is 5.45. The molecule has 0 amide bonds. The van der Waals surface area contributed by atoms with Crippen LogP contribution in [0.1, 0.15) is 38.2 Å². The highest BCUT2D eigenvalue weighted by Gasteiger charge is 2.31. The molecule has 1 aliphatic carbocycles. The van der Waals surface area contributed by atoms with E-state index in [-0.39, 0.29) is 0 Å². The van der Waals surface area contributed by atoms with Gasteiger partial charge in [-0.3, -0.25) is 0 Å². The van der Waals surface area contributed by atoms with Crippen LogP contribution in [0.3, 0.4) is 0 Å². The van der Waals surface area contributed by atoms with E-state index in [1.807, 2.05) is 12.1 Å². The number of aliphatic imine (C=N–C) groups is 1. The molecule has 0 radical (unpaired) electrons. The van der Waals surface area contributed by atoms with Gasteiger partial charge in [-0.25, -0.2) is 4.99 Å². The van der Waals surface area contributed by atoms with Gasteiger partial charge < -0.3 is 20.3 Å². The molecule has 0 atom stereocenters. The Morgan fingerprint density at radius 2 is 2.04 bits per heavy atom. The second kappa shape index (κ2) is 8.90. The molecular formula is C19H29BrN4O. The van der Waals surface area contributed by atoms with Crippen LogP contribution in [0, 0.1) is 0 Å². The first-order valence-electron chi connectivity index (χ1n) is 9.31. The van der Waals surface area contributed by atoms with Crippen LogP contribution in [-0.2, 0) is 6.54 Å². The van der Waals surface area contributed by atoms with Gasteiger partial charge in [-0.05, 0) is 50.8 Å². The molecule has 25 heavy (non-hydrogen) atoms. The third-order valence-corrected chi connectivity index (χ3v) is 5.42. The second-order valence-corrected chi connectivity index (χ2v) is 7.75. The molecule has 1 aromatic rings. The lowest BCUT2D eigenvalue weighted by molar-refractivity contribution is 0.197. The zero-order valence-electron chi connectivity index (χ0n) is 15.2. The summed E-state index contributed by atoms with van der Waals surface area (Å²) in [4.78, 5) is 7.42. The number of rotatable bonds is 6. The van der Waals surface area contributed by atoms with Gasteiger partial charge in [-0.1, -0.05) is 15.9 Å². The number of benzene rings is 1. The van der Waals surface area contributed by atoms with Gasteiger partial charge in [0.2, 0.25) is 0 Å². The highest BCUT2D eigenvalue weighted by molar-refractivity contribution is 9.10. The normalized spacial score (nSPS) is 19.7. The first-order chi connectivity index (χ1) is 12.2. The van der Waals surface area contributed by atoms with E-state index < -0.39 is 0 Å². The fourth-order valence-corrected chi connectivity index (χ4v) is 3.81. The van der Waals surface area contributed by atoms with Crippen LogP contribution < -0.4 is 15.4 Å². The number of methoxy groups -OCH3 is 1. The van der Waals surface area contributed by atoms with Crippen LogP contribution in [0.15, 0.2) is 27.7 Å². The molecule has 1 aliphatic heterocycles. The van der Waals surface area contributed by atoms with Gasteiger partial charge >= 0.3 is 0 Å². The molecule has 1 saturated heterocycles. The highest BCUT2D eigenvalue weighted by Crippen LogP contribution is 2.29. The predicted molar refractivity (Wildman–Crippen MR) is 106 cm³/mol. The topological polar surface area (TPSA) is 48.9 Å². The number of ether oxygens (including phenoxy) is 1. The number of nitrogens with zero attached hydrogens (tertiary/aromatic N) is 2. The molecule has 5 nitrogen and oxygen atoms in total. The third-order valence-electron chi connectivity index (χ3n) is 4.93. The molecule has 1 aromatic carbocycles. The maximum Gasteiger partial charge on any atom is 0.191 e. The van der Waals surface area contributed by atoms with Crippen LogP contribution in [0.5, 0.6) is 5.75 Å². The van der Waals surface area contributed by atoms with Crippen LogP contribution in [0.4, 0.5) is 0 Å². The van der Waals surface area contributed by atoms with Gasteiger partial charge in [-0.15, -0.1) is 0 Å². The molecule has 2 N–H and O–H groups in total. The molecule has 2 fully saturated rings. The number of nitrogens with one attached hydrogen (secondary N) is 2. The Morgan fingerprint density at radius 3 is 2.68 bits per heavy atom. The number of halogens is 1. The first-order valence-corrected chi connectivity index (χ1v) is 10.1. The van der Waals surface area contributed by atoms with E-state index in [4.69, 9.17) is 9.73 Å². The summed E-state index contributed by atoms with van der Waals surface area (Å²) in [6.07, 6.45) is 5.19. The standard InChI is InChI=1S/C19H29BrN4O/c1-3-21-19(22-13-14-12-15(20)4-7-18(14)25-2)23-16-8-10-24(11-9-16)17-5-6-17/h4,7,12,16-17H,3,5-6,8-11,13H2,1-2H3,(H2,21,22,23). The molecule has 0 spiro atoms. The lowest BCUT2D eigenvalue weighted by Gasteiger charge is -2.33. The third kappa shape index (κ3) is 5.35. The number of piperidine rings is 1. The van der Waals surface area contributed by atoms with E-state index in [1.54, 1.807) is 7.11 Å². The summed E-state index contributed by atoms with van der Waals surface area (Å²) in [6, 6.07) is 7.43. The number of hydrogen-bond acceptors (Lipinski definition) is 3. The molecule has 6 heteroatoms. The van der Waals surface area contributed by atoms with Crippen LogP contribution in [0.2, 0.25) is 0 Å². The number of guanidine groups is 1. The van der Waals surface area contributed by atoms with Crippen LogP contribution in [-0.4, -0.2) is 49.7 Å². The average Bonchev–Trinajstić information content (AvgIpc) is 3.46. The van der Waals surface area contributed by atoms with Gasteiger partial charge in [0.1, 0.15) is 5.75 Å². The van der Waals surface area contributed by atoms with E-state index in [0.717, 1.165) is 34.3 Å². The fraction of sp³-hybridized carbons (Fsp3) is 0.632. The van der Waals surface area contributed by atoms with E-state index >= 15 is 0 Å². The SMILES string of the molecule is CCNC(=NCc1cc(Br)ccc1OC)NC1CCN(C2CC2)CC1. The summed E-state index contributed by atoms with van der Waals surface area (Å²) in [5, 5.41) is 6.99. The van der Waals surface area contributed by atoms with Crippen molar-refractivity contribution in [2.75, 3.05) is 26.7 Å². The largest absolute Gasteiger partial charge is 0.496 e. The molecule has 3 rings (SSSR count). The summed E-state index contributed by atoms with van der Waals surface area (Å²) in [6.45, 7) is 5.98. The van der Waals surface area contributed by atoms with Gasteiger partial charge in [0, 0.05) is 41.8 Å². The minimum Gasteiger partial charge on any atom is -0.496 e.